The summed E-state index contributed by atoms with van der Waals surface area (Å²) in [6.45, 7) is 10.3. The third-order valence-corrected chi connectivity index (χ3v) is 6.43. The first-order valence-electron chi connectivity index (χ1n) is 10.4. The Morgan fingerprint density at radius 3 is 2.43 bits per heavy atom. The minimum absolute atomic E-state index is 0.0683. The summed E-state index contributed by atoms with van der Waals surface area (Å²) < 4.78 is 1.72. The molecule has 30 heavy (non-hydrogen) atoms. The second kappa shape index (κ2) is 8.32. The van der Waals surface area contributed by atoms with E-state index in [-0.39, 0.29) is 11.3 Å². The second-order valence-electron chi connectivity index (χ2n) is 8.87. The van der Waals surface area contributed by atoms with Gasteiger partial charge in [-0.3, -0.25) is 14.4 Å². The highest BCUT2D eigenvalue weighted by Gasteiger charge is 2.27. The van der Waals surface area contributed by atoms with Crippen molar-refractivity contribution in [2.75, 3.05) is 26.2 Å². The fourth-order valence-electron chi connectivity index (χ4n) is 3.63. The molecular formula is C23H29N5OS. The molecule has 0 radical (unpaired) electrons. The number of amides is 1. The summed E-state index contributed by atoms with van der Waals surface area (Å²) >= 11 is 1.69. The van der Waals surface area contributed by atoms with Crippen LogP contribution >= 0.6 is 11.3 Å². The van der Waals surface area contributed by atoms with E-state index >= 15 is 0 Å². The van der Waals surface area contributed by atoms with Crippen molar-refractivity contribution < 1.29 is 4.79 Å². The largest absolute Gasteiger partial charge is 0.335 e. The Labute approximate surface area is 182 Å². The van der Waals surface area contributed by atoms with E-state index in [0.29, 0.717) is 5.69 Å². The second-order valence-corrected chi connectivity index (χ2v) is 9.72. The van der Waals surface area contributed by atoms with Crippen LogP contribution < -0.4 is 0 Å². The van der Waals surface area contributed by atoms with Gasteiger partial charge in [0.1, 0.15) is 10.7 Å². The first-order valence-corrected chi connectivity index (χ1v) is 11.3. The Hall–Kier alpha value is -2.51. The van der Waals surface area contributed by atoms with Crippen LogP contribution in [-0.4, -0.2) is 56.7 Å². The molecule has 1 aliphatic heterocycles. The maximum absolute atomic E-state index is 13.0. The van der Waals surface area contributed by atoms with Gasteiger partial charge in [0.2, 0.25) is 0 Å². The molecule has 3 heterocycles. The Morgan fingerprint density at radius 2 is 1.80 bits per heavy atom. The van der Waals surface area contributed by atoms with Crippen molar-refractivity contribution in [1.29, 1.82) is 0 Å². The lowest BCUT2D eigenvalue weighted by Crippen LogP contribution is -2.48. The van der Waals surface area contributed by atoms with Crippen LogP contribution in [0.4, 0.5) is 0 Å². The summed E-state index contributed by atoms with van der Waals surface area (Å²) in [4.78, 5) is 22.1. The third kappa shape index (κ3) is 4.47. The number of piperazine rings is 1. The zero-order chi connectivity index (χ0) is 21.3. The predicted molar refractivity (Wildman–Crippen MR) is 121 cm³/mol. The number of benzene rings is 1. The molecule has 3 aromatic rings. The third-order valence-electron chi connectivity index (χ3n) is 5.48. The van der Waals surface area contributed by atoms with Gasteiger partial charge in [0.15, 0.2) is 0 Å². The number of aromatic nitrogens is 3. The van der Waals surface area contributed by atoms with Gasteiger partial charge in [-0.15, -0.1) is 11.3 Å². The summed E-state index contributed by atoms with van der Waals surface area (Å²) in [5.74, 6) is 0.0696. The fourth-order valence-corrected chi connectivity index (χ4v) is 4.44. The smallest absolute Gasteiger partial charge is 0.272 e. The van der Waals surface area contributed by atoms with Gasteiger partial charge in [0.05, 0.1) is 11.4 Å². The number of hydrogen-bond donors (Lipinski definition) is 0. The molecule has 0 aliphatic carbocycles. The van der Waals surface area contributed by atoms with Crippen LogP contribution in [0.2, 0.25) is 0 Å². The van der Waals surface area contributed by atoms with Crippen LogP contribution in [0, 0.1) is 0 Å². The molecule has 1 amide bonds. The molecule has 2 aromatic heterocycles. The standard InChI is InChI=1S/C23H29N5OS/c1-23(2,3)20-14-19(26(4)25-20)22(29)28-12-10-27(11-13-28)15-18-16-30-21(24-18)17-8-6-5-7-9-17/h5-9,14,16H,10-13,15H2,1-4H3. The molecule has 158 valence electrons. The van der Waals surface area contributed by atoms with E-state index in [1.54, 1.807) is 16.0 Å². The highest BCUT2D eigenvalue weighted by molar-refractivity contribution is 7.13. The number of nitrogens with zero attached hydrogens (tertiary/aromatic N) is 5. The quantitative estimate of drug-likeness (QED) is 0.641. The zero-order valence-corrected chi connectivity index (χ0v) is 18.9. The lowest BCUT2D eigenvalue weighted by Gasteiger charge is -2.34. The van der Waals surface area contributed by atoms with E-state index in [0.717, 1.165) is 54.7 Å². The van der Waals surface area contributed by atoms with Crippen LogP contribution in [0.1, 0.15) is 42.6 Å². The van der Waals surface area contributed by atoms with Crippen LogP contribution in [0.25, 0.3) is 10.6 Å². The highest BCUT2D eigenvalue weighted by atomic mass is 32.1. The molecule has 0 saturated carbocycles. The SMILES string of the molecule is Cn1nc(C(C)(C)C)cc1C(=O)N1CCN(Cc2csc(-c3ccccc3)n2)CC1. The molecule has 1 aromatic carbocycles. The van der Waals surface area contributed by atoms with E-state index < -0.39 is 0 Å². The molecular weight excluding hydrogens is 394 g/mol. The van der Waals surface area contributed by atoms with Gasteiger partial charge in [0.25, 0.3) is 5.91 Å². The summed E-state index contributed by atoms with van der Waals surface area (Å²) in [6.07, 6.45) is 0. The molecule has 0 spiro atoms. The van der Waals surface area contributed by atoms with Gasteiger partial charge in [-0.25, -0.2) is 4.98 Å². The van der Waals surface area contributed by atoms with Crippen molar-refractivity contribution in [2.24, 2.45) is 7.05 Å². The van der Waals surface area contributed by atoms with E-state index in [2.05, 4.69) is 48.3 Å². The minimum atomic E-state index is -0.0683. The monoisotopic (exact) mass is 423 g/mol. The Morgan fingerprint density at radius 1 is 1.10 bits per heavy atom. The fraction of sp³-hybridized carbons (Fsp3) is 0.435. The molecule has 0 atom stereocenters. The van der Waals surface area contributed by atoms with E-state index in [1.165, 1.54) is 0 Å². The van der Waals surface area contributed by atoms with Gasteiger partial charge in [-0.2, -0.15) is 5.10 Å². The van der Waals surface area contributed by atoms with Crippen molar-refractivity contribution in [3.63, 3.8) is 0 Å². The number of aryl methyl sites for hydroxylation is 1. The summed E-state index contributed by atoms with van der Waals surface area (Å²) in [5, 5.41) is 7.75. The average Bonchev–Trinajstić information content (AvgIpc) is 3.35. The molecule has 0 N–H and O–H groups in total. The number of carbonyl (C=O) groups excluding carboxylic acids is 1. The molecule has 1 fully saturated rings. The lowest BCUT2D eigenvalue weighted by molar-refractivity contribution is 0.0616. The maximum Gasteiger partial charge on any atom is 0.272 e. The normalized spacial score (nSPS) is 15.5. The maximum atomic E-state index is 13.0. The lowest BCUT2D eigenvalue weighted by atomic mass is 9.92. The van der Waals surface area contributed by atoms with Crippen molar-refractivity contribution in [3.8, 4) is 10.6 Å². The molecule has 1 saturated heterocycles. The van der Waals surface area contributed by atoms with Crippen LogP contribution in [-0.2, 0) is 19.0 Å². The molecule has 1 aliphatic rings. The van der Waals surface area contributed by atoms with Gasteiger partial charge in [0, 0.05) is 56.1 Å². The van der Waals surface area contributed by atoms with Gasteiger partial charge in [-0.1, -0.05) is 51.1 Å². The van der Waals surface area contributed by atoms with Gasteiger partial charge >= 0.3 is 0 Å². The van der Waals surface area contributed by atoms with Crippen molar-refractivity contribution in [2.45, 2.75) is 32.7 Å². The molecule has 0 unspecified atom stereocenters. The number of carbonyl (C=O) groups is 1. The van der Waals surface area contributed by atoms with Crippen LogP contribution in [0.3, 0.4) is 0 Å². The summed E-state index contributed by atoms with van der Waals surface area (Å²) in [5.41, 5.74) is 3.81. The molecule has 7 heteroatoms. The van der Waals surface area contributed by atoms with Gasteiger partial charge in [-0.05, 0) is 6.07 Å². The van der Waals surface area contributed by atoms with Crippen LogP contribution in [0.15, 0.2) is 41.8 Å². The van der Waals surface area contributed by atoms with Gasteiger partial charge < -0.3 is 4.90 Å². The minimum Gasteiger partial charge on any atom is -0.335 e. The van der Waals surface area contributed by atoms with Crippen LogP contribution in [0.5, 0.6) is 0 Å². The first kappa shape index (κ1) is 20.8. The van der Waals surface area contributed by atoms with E-state index in [4.69, 9.17) is 4.98 Å². The molecule has 0 bridgehead atoms. The highest BCUT2D eigenvalue weighted by Crippen LogP contribution is 2.25. The van der Waals surface area contributed by atoms with E-state index in [9.17, 15) is 4.79 Å². The molecule has 6 nitrogen and oxygen atoms in total. The predicted octanol–water partition coefficient (Wildman–Crippen LogP) is 3.80. The zero-order valence-electron chi connectivity index (χ0n) is 18.1. The molecule has 4 rings (SSSR count). The van der Waals surface area contributed by atoms with Crippen molar-refractivity contribution >= 4 is 17.2 Å². The summed E-state index contributed by atoms with van der Waals surface area (Å²) in [6, 6.07) is 12.2. The first-order chi connectivity index (χ1) is 14.3. The topological polar surface area (TPSA) is 54.3 Å². The summed E-state index contributed by atoms with van der Waals surface area (Å²) in [7, 11) is 1.85. The van der Waals surface area contributed by atoms with E-state index in [1.807, 2.05) is 36.2 Å². The Bertz CT molecular complexity index is 1010. The average molecular weight is 424 g/mol. The Balaban J connectivity index is 1.35. The number of hydrogen-bond acceptors (Lipinski definition) is 5. The number of thiazole rings is 1. The Kier molecular flexibility index (Phi) is 5.75. The van der Waals surface area contributed by atoms with Crippen molar-refractivity contribution in [1.82, 2.24) is 24.6 Å². The number of rotatable bonds is 4. The van der Waals surface area contributed by atoms with Crippen molar-refractivity contribution in [3.05, 3.63) is 58.9 Å².